The van der Waals surface area contributed by atoms with Gasteiger partial charge in [0.1, 0.15) is 10.7 Å². The first kappa shape index (κ1) is 19.9. The van der Waals surface area contributed by atoms with Gasteiger partial charge in [-0.05, 0) is 31.0 Å². The van der Waals surface area contributed by atoms with Crippen LogP contribution in [0, 0.1) is 18.7 Å². The Balaban J connectivity index is 2.08. The zero-order valence-corrected chi connectivity index (χ0v) is 15.8. The SMILES string of the molecule is COc1ccc(C(=O)COC(=O)c2c(C)nn(CC(C)C)c2Cl)cc1F. The number of nitrogens with zero attached hydrogens (tertiary/aromatic N) is 2. The Bertz CT molecular complexity index is 833. The molecule has 140 valence electrons. The molecular weight excluding hydrogens is 363 g/mol. The fourth-order valence-corrected chi connectivity index (χ4v) is 2.70. The Kier molecular flexibility index (Phi) is 6.37. The molecule has 0 saturated heterocycles. The lowest BCUT2D eigenvalue weighted by Gasteiger charge is -2.07. The number of methoxy groups -OCH3 is 1. The molecule has 0 aliphatic carbocycles. The molecule has 2 aromatic rings. The molecular formula is C18H20ClFN2O4. The molecule has 0 aliphatic rings. The number of halogens is 2. The van der Waals surface area contributed by atoms with Crippen molar-refractivity contribution in [3.8, 4) is 5.75 Å². The molecule has 1 aromatic carbocycles. The molecule has 0 atom stereocenters. The highest BCUT2D eigenvalue weighted by Crippen LogP contribution is 2.22. The number of carbonyl (C=O) groups excluding carboxylic acids is 2. The van der Waals surface area contributed by atoms with Crippen molar-refractivity contribution in [2.24, 2.45) is 5.92 Å². The van der Waals surface area contributed by atoms with Gasteiger partial charge < -0.3 is 9.47 Å². The van der Waals surface area contributed by atoms with Gasteiger partial charge >= 0.3 is 5.97 Å². The number of hydrogen-bond acceptors (Lipinski definition) is 5. The Hall–Kier alpha value is -2.41. The fourth-order valence-electron chi connectivity index (χ4n) is 2.38. The van der Waals surface area contributed by atoms with Crippen LogP contribution in [0.25, 0.3) is 0 Å². The average molecular weight is 383 g/mol. The quantitative estimate of drug-likeness (QED) is 0.539. The standard InChI is InChI=1S/C18H20ClFN2O4/c1-10(2)8-22-17(19)16(11(3)21-22)18(24)26-9-14(23)12-5-6-15(25-4)13(20)7-12/h5-7,10H,8-9H2,1-4H3. The summed E-state index contributed by atoms with van der Waals surface area (Å²) in [5.41, 5.74) is 0.624. The monoisotopic (exact) mass is 382 g/mol. The number of carbonyl (C=O) groups is 2. The van der Waals surface area contributed by atoms with Gasteiger partial charge in [0.25, 0.3) is 0 Å². The van der Waals surface area contributed by atoms with Gasteiger partial charge in [-0.3, -0.25) is 9.48 Å². The number of ether oxygens (including phenoxy) is 2. The molecule has 6 nitrogen and oxygen atoms in total. The van der Waals surface area contributed by atoms with Crippen LogP contribution in [0.4, 0.5) is 4.39 Å². The van der Waals surface area contributed by atoms with Gasteiger partial charge in [-0.25, -0.2) is 9.18 Å². The van der Waals surface area contributed by atoms with Crippen molar-refractivity contribution in [3.05, 3.63) is 46.0 Å². The van der Waals surface area contributed by atoms with Gasteiger partial charge in [-0.2, -0.15) is 5.10 Å². The van der Waals surface area contributed by atoms with Gasteiger partial charge in [-0.15, -0.1) is 0 Å². The van der Waals surface area contributed by atoms with Crippen LogP contribution in [0.3, 0.4) is 0 Å². The molecule has 0 N–H and O–H groups in total. The van der Waals surface area contributed by atoms with Crippen LogP contribution in [-0.2, 0) is 11.3 Å². The zero-order chi connectivity index (χ0) is 19.4. The maximum atomic E-state index is 13.7. The summed E-state index contributed by atoms with van der Waals surface area (Å²) >= 11 is 6.21. The van der Waals surface area contributed by atoms with Crippen LogP contribution < -0.4 is 4.74 Å². The topological polar surface area (TPSA) is 70.4 Å². The molecule has 2 rings (SSSR count). The molecule has 26 heavy (non-hydrogen) atoms. The van der Waals surface area contributed by atoms with E-state index in [0.717, 1.165) is 6.07 Å². The number of aromatic nitrogens is 2. The number of aryl methyl sites for hydroxylation is 1. The second-order valence-corrected chi connectivity index (χ2v) is 6.53. The van der Waals surface area contributed by atoms with E-state index in [1.807, 2.05) is 13.8 Å². The largest absolute Gasteiger partial charge is 0.494 e. The van der Waals surface area contributed by atoms with Crippen molar-refractivity contribution in [2.75, 3.05) is 13.7 Å². The maximum Gasteiger partial charge on any atom is 0.343 e. The maximum absolute atomic E-state index is 13.7. The van der Waals surface area contributed by atoms with Crippen molar-refractivity contribution in [1.29, 1.82) is 0 Å². The molecule has 1 heterocycles. The minimum Gasteiger partial charge on any atom is -0.494 e. The number of esters is 1. The Morgan fingerprint density at radius 1 is 1.35 bits per heavy atom. The van der Waals surface area contributed by atoms with Crippen LogP contribution in [0.5, 0.6) is 5.75 Å². The third kappa shape index (κ3) is 4.40. The highest BCUT2D eigenvalue weighted by Gasteiger charge is 2.23. The first-order valence-electron chi connectivity index (χ1n) is 8.01. The smallest absolute Gasteiger partial charge is 0.343 e. The van der Waals surface area contributed by atoms with Crippen LogP contribution in [0.2, 0.25) is 5.15 Å². The fraction of sp³-hybridized carbons (Fsp3) is 0.389. The molecule has 0 fully saturated rings. The molecule has 0 radical (unpaired) electrons. The van der Waals surface area contributed by atoms with Crippen LogP contribution in [-0.4, -0.2) is 35.2 Å². The highest BCUT2D eigenvalue weighted by molar-refractivity contribution is 6.32. The van der Waals surface area contributed by atoms with Crippen molar-refractivity contribution >= 4 is 23.4 Å². The Labute approximate surface area is 155 Å². The lowest BCUT2D eigenvalue weighted by Crippen LogP contribution is -2.15. The van der Waals surface area contributed by atoms with Crippen LogP contribution in [0.15, 0.2) is 18.2 Å². The molecule has 0 spiro atoms. The molecule has 0 saturated carbocycles. The van der Waals surface area contributed by atoms with Gasteiger partial charge in [0, 0.05) is 12.1 Å². The molecule has 0 bridgehead atoms. The van der Waals surface area contributed by atoms with Gasteiger partial charge in [0.2, 0.25) is 0 Å². The summed E-state index contributed by atoms with van der Waals surface area (Å²) in [5, 5.41) is 4.39. The predicted octanol–water partition coefficient (Wildman–Crippen LogP) is 3.69. The third-order valence-electron chi connectivity index (χ3n) is 3.62. The molecule has 0 amide bonds. The molecule has 1 aromatic heterocycles. The first-order chi connectivity index (χ1) is 12.2. The van der Waals surface area contributed by atoms with E-state index in [-0.39, 0.29) is 22.0 Å². The number of ketones is 1. The van der Waals surface area contributed by atoms with Crippen LogP contribution in [0.1, 0.15) is 40.3 Å². The second-order valence-electron chi connectivity index (χ2n) is 6.18. The van der Waals surface area contributed by atoms with Gasteiger partial charge in [0.15, 0.2) is 24.0 Å². The van der Waals surface area contributed by atoms with E-state index in [9.17, 15) is 14.0 Å². The highest BCUT2D eigenvalue weighted by atomic mass is 35.5. The van der Waals surface area contributed by atoms with Crippen LogP contribution >= 0.6 is 11.6 Å². The number of Topliss-reactive ketones (excluding diaryl/α,β-unsaturated/α-hetero) is 1. The summed E-state index contributed by atoms with van der Waals surface area (Å²) < 4.78 is 25.0. The van der Waals surface area contributed by atoms with E-state index in [1.165, 1.54) is 23.9 Å². The van der Waals surface area contributed by atoms with Crippen molar-refractivity contribution < 1.29 is 23.5 Å². The molecule has 8 heteroatoms. The summed E-state index contributed by atoms with van der Waals surface area (Å²) in [6.45, 7) is 5.66. The molecule has 0 unspecified atom stereocenters. The minimum absolute atomic E-state index is 0.0264. The first-order valence-corrected chi connectivity index (χ1v) is 8.39. The van der Waals surface area contributed by atoms with Crippen molar-refractivity contribution in [2.45, 2.75) is 27.3 Å². The summed E-state index contributed by atoms with van der Waals surface area (Å²) in [6, 6.07) is 3.77. The van der Waals surface area contributed by atoms with E-state index in [2.05, 4.69) is 5.10 Å². The molecule has 0 aliphatic heterocycles. The summed E-state index contributed by atoms with van der Waals surface area (Å²) in [7, 11) is 1.33. The van der Waals surface area contributed by atoms with E-state index in [1.54, 1.807) is 6.92 Å². The summed E-state index contributed by atoms with van der Waals surface area (Å²) in [6.07, 6.45) is 0. The third-order valence-corrected chi connectivity index (χ3v) is 4.00. The minimum atomic E-state index is -0.746. The summed E-state index contributed by atoms with van der Waals surface area (Å²) in [4.78, 5) is 24.4. The Morgan fingerprint density at radius 3 is 2.62 bits per heavy atom. The predicted molar refractivity (Wildman–Crippen MR) is 94.4 cm³/mol. The van der Waals surface area contributed by atoms with E-state index in [4.69, 9.17) is 21.1 Å². The average Bonchev–Trinajstić information content (AvgIpc) is 2.85. The number of hydrogen-bond donors (Lipinski definition) is 0. The number of rotatable bonds is 7. The number of benzene rings is 1. The van der Waals surface area contributed by atoms with Crippen molar-refractivity contribution in [3.63, 3.8) is 0 Å². The van der Waals surface area contributed by atoms with E-state index < -0.39 is 24.2 Å². The lowest BCUT2D eigenvalue weighted by atomic mass is 10.1. The Morgan fingerprint density at radius 2 is 2.04 bits per heavy atom. The van der Waals surface area contributed by atoms with Gasteiger partial charge in [0.05, 0.1) is 12.8 Å². The van der Waals surface area contributed by atoms with E-state index in [0.29, 0.717) is 18.2 Å². The zero-order valence-electron chi connectivity index (χ0n) is 15.0. The second kappa shape index (κ2) is 8.31. The summed E-state index contributed by atoms with van der Waals surface area (Å²) in [5.74, 6) is -1.63. The van der Waals surface area contributed by atoms with E-state index >= 15 is 0 Å². The lowest BCUT2D eigenvalue weighted by molar-refractivity contribution is 0.0474. The van der Waals surface area contributed by atoms with Gasteiger partial charge in [-0.1, -0.05) is 25.4 Å². The normalized spacial score (nSPS) is 10.9. The van der Waals surface area contributed by atoms with Crippen molar-refractivity contribution in [1.82, 2.24) is 9.78 Å².